The second-order valence-corrected chi connectivity index (χ2v) is 8.41. The van der Waals surface area contributed by atoms with Crippen molar-refractivity contribution in [2.45, 2.75) is 142 Å². The average molecular weight is 397 g/mol. The van der Waals surface area contributed by atoms with Crippen molar-refractivity contribution in [2.75, 3.05) is 7.11 Å². The molecule has 0 heterocycles. The Kier molecular flexibility index (Phi) is 21.7. The van der Waals surface area contributed by atoms with Gasteiger partial charge in [-0.2, -0.15) is 0 Å². The first-order chi connectivity index (χ1) is 13.7. The Morgan fingerprint density at radius 3 is 1.18 bits per heavy atom. The zero-order chi connectivity index (χ0) is 20.7. The SMILES string of the molecule is CCCCCCCCCCCCCCCCCCCCCC(=O)CC(=O)OC. The highest BCUT2D eigenvalue weighted by molar-refractivity contribution is 5.95. The van der Waals surface area contributed by atoms with Crippen LogP contribution in [0.1, 0.15) is 142 Å². The van der Waals surface area contributed by atoms with E-state index in [2.05, 4.69) is 11.7 Å². The highest BCUT2D eigenvalue weighted by Crippen LogP contribution is 2.15. The Hall–Kier alpha value is -0.860. The van der Waals surface area contributed by atoms with Gasteiger partial charge in [0.15, 0.2) is 0 Å². The minimum Gasteiger partial charge on any atom is -0.469 e. The molecule has 0 aliphatic rings. The summed E-state index contributed by atoms with van der Waals surface area (Å²) in [5.41, 5.74) is 0. The van der Waals surface area contributed by atoms with E-state index in [1.807, 2.05) is 0 Å². The lowest BCUT2D eigenvalue weighted by Gasteiger charge is -2.04. The molecule has 0 saturated heterocycles. The van der Waals surface area contributed by atoms with E-state index in [1.54, 1.807) is 0 Å². The van der Waals surface area contributed by atoms with Gasteiger partial charge in [0.25, 0.3) is 0 Å². The smallest absolute Gasteiger partial charge is 0.313 e. The highest BCUT2D eigenvalue weighted by atomic mass is 16.5. The molecule has 0 fully saturated rings. The van der Waals surface area contributed by atoms with Gasteiger partial charge >= 0.3 is 5.97 Å². The second kappa shape index (κ2) is 22.4. The fourth-order valence-corrected chi connectivity index (χ4v) is 3.72. The first kappa shape index (κ1) is 27.1. The van der Waals surface area contributed by atoms with Crippen LogP contribution in [0.5, 0.6) is 0 Å². The van der Waals surface area contributed by atoms with Gasteiger partial charge in [0.2, 0.25) is 0 Å². The number of hydrogen-bond acceptors (Lipinski definition) is 3. The van der Waals surface area contributed by atoms with E-state index >= 15 is 0 Å². The molecule has 28 heavy (non-hydrogen) atoms. The van der Waals surface area contributed by atoms with E-state index in [-0.39, 0.29) is 12.2 Å². The van der Waals surface area contributed by atoms with Crippen LogP contribution in [0.4, 0.5) is 0 Å². The molecule has 0 unspecified atom stereocenters. The van der Waals surface area contributed by atoms with Crippen LogP contribution in [0.2, 0.25) is 0 Å². The van der Waals surface area contributed by atoms with Gasteiger partial charge in [-0.15, -0.1) is 0 Å². The van der Waals surface area contributed by atoms with Crippen LogP contribution in [0.15, 0.2) is 0 Å². The molecule has 0 atom stereocenters. The summed E-state index contributed by atoms with van der Waals surface area (Å²) in [5.74, 6) is -0.401. The monoisotopic (exact) mass is 396 g/mol. The average Bonchev–Trinajstić information content (AvgIpc) is 2.69. The van der Waals surface area contributed by atoms with Gasteiger partial charge in [0.05, 0.1) is 7.11 Å². The van der Waals surface area contributed by atoms with Crippen LogP contribution in [0.25, 0.3) is 0 Å². The lowest BCUT2D eigenvalue weighted by atomic mass is 10.0. The van der Waals surface area contributed by atoms with E-state index in [0.717, 1.165) is 12.8 Å². The Balaban J connectivity index is 3.10. The molecule has 0 rings (SSSR count). The summed E-state index contributed by atoms with van der Waals surface area (Å²) in [6.45, 7) is 2.28. The normalized spacial score (nSPS) is 10.9. The predicted octanol–water partition coefficient (Wildman–Crippen LogP) is 7.94. The minimum absolute atomic E-state index is 0.0128. The molecule has 0 aliphatic carbocycles. The zero-order valence-corrected chi connectivity index (χ0v) is 19.1. The van der Waals surface area contributed by atoms with Gasteiger partial charge < -0.3 is 4.74 Å². The van der Waals surface area contributed by atoms with Gasteiger partial charge in [-0.05, 0) is 6.42 Å². The highest BCUT2D eigenvalue weighted by Gasteiger charge is 2.08. The van der Waals surface area contributed by atoms with Crippen LogP contribution in [0, 0.1) is 0 Å². The van der Waals surface area contributed by atoms with E-state index < -0.39 is 5.97 Å². The molecule has 0 aromatic rings. The molecule has 0 saturated carbocycles. The van der Waals surface area contributed by atoms with Crippen molar-refractivity contribution in [1.82, 2.24) is 0 Å². The quantitative estimate of drug-likeness (QED) is 0.106. The van der Waals surface area contributed by atoms with Crippen LogP contribution in [0.3, 0.4) is 0 Å². The molecular weight excluding hydrogens is 348 g/mol. The van der Waals surface area contributed by atoms with Crippen molar-refractivity contribution in [2.24, 2.45) is 0 Å². The van der Waals surface area contributed by atoms with E-state index in [4.69, 9.17) is 0 Å². The van der Waals surface area contributed by atoms with Crippen LogP contribution < -0.4 is 0 Å². The maximum absolute atomic E-state index is 11.5. The molecule has 0 bridgehead atoms. The summed E-state index contributed by atoms with van der Waals surface area (Å²) in [4.78, 5) is 22.5. The Morgan fingerprint density at radius 1 is 0.536 bits per heavy atom. The molecule has 0 aromatic heterocycles. The minimum atomic E-state index is -0.414. The first-order valence-electron chi connectivity index (χ1n) is 12.3. The molecule has 3 heteroatoms. The van der Waals surface area contributed by atoms with Crippen LogP contribution >= 0.6 is 0 Å². The van der Waals surface area contributed by atoms with Crippen LogP contribution in [-0.4, -0.2) is 18.9 Å². The topological polar surface area (TPSA) is 43.4 Å². The maximum Gasteiger partial charge on any atom is 0.313 e. The number of rotatable bonds is 22. The van der Waals surface area contributed by atoms with Crippen molar-refractivity contribution < 1.29 is 14.3 Å². The lowest BCUT2D eigenvalue weighted by Crippen LogP contribution is -2.08. The number of unbranched alkanes of at least 4 members (excludes halogenated alkanes) is 18. The fraction of sp³-hybridized carbons (Fsp3) is 0.920. The molecule has 166 valence electrons. The third kappa shape index (κ3) is 21.4. The molecule has 0 aliphatic heterocycles. The lowest BCUT2D eigenvalue weighted by molar-refractivity contribution is -0.143. The van der Waals surface area contributed by atoms with E-state index in [9.17, 15) is 9.59 Å². The third-order valence-electron chi connectivity index (χ3n) is 5.63. The summed E-state index contributed by atoms with van der Waals surface area (Å²) < 4.78 is 4.50. The van der Waals surface area contributed by atoms with Crippen molar-refractivity contribution in [3.8, 4) is 0 Å². The van der Waals surface area contributed by atoms with Crippen molar-refractivity contribution in [3.63, 3.8) is 0 Å². The number of methoxy groups -OCH3 is 1. The Labute approximate surface area is 175 Å². The number of hydrogen-bond donors (Lipinski definition) is 0. The van der Waals surface area contributed by atoms with Crippen molar-refractivity contribution >= 4 is 11.8 Å². The fourth-order valence-electron chi connectivity index (χ4n) is 3.72. The molecule has 0 aromatic carbocycles. The van der Waals surface area contributed by atoms with E-state index in [1.165, 1.54) is 116 Å². The molecule has 0 amide bonds. The number of Topliss-reactive ketones (excluding diaryl/α,β-unsaturated/α-hetero) is 1. The number of carbonyl (C=O) groups excluding carboxylic acids is 2. The van der Waals surface area contributed by atoms with Gasteiger partial charge in [-0.1, -0.05) is 122 Å². The summed E-state index contributed by atoms with van der Waals surface area (Å²) in [5, 5.41) is 0. The first-order valence-corrected chi connectivity index (χ1v) is 12.3. The molecule has 0 spiro atoms. The molecule has 0 N–H and O–H groups in total. The van der Waals surface area contributed by atoms with Gasteiger partial charge in [-0.25, -0.2) is 0 Å². The second-order valence-electron chi connectivity index (χ2n) is 8.41. The Morgan fingerprint density at radius 2 is 0.857 bits per heavy atom. The summed E-state index contributed by atoms with van der Waals surface area (Å²) in [6, 6.07) is 0. The summed E-state index contributed by atoms with van der Waals surface area (Å²) in [6.07, 6.45) is 26.1. The largest absolute Gasteiger partial charge is 0.469 e. The van der Waals surface area contributed by atoms with Gasteiger partial charge in [0.1, 0.15) is 12.2 Å². The predicted molar refractivity (Wildman–Crippen MR) is 120 cm³/mol. The molecule has 0 radical (unpaired) electrons. The summed E-state index contributed by atoms with van der Waals surface area (Å²) >= 11 is 0. The number of carbonyl (C=O) groups is 2. The van der Waals surface area contributed by atoms with Gasteiger partial charge in [-0.3, -0.25) is 9.59 Å². The zero-order valence-electron chi connectivity index (χ0n) is 19.1. The van der Waals surface area contributed by atoms with Crippen molar-refractivity contribution in [3.05, 3.63) is 0 Å². The number of esters is 1. The van der Waals surface area contributed by atoms with Gasteiger partial charge in [0, 0.05) is 6.42 Å². The third-order valence-corrected chi connectivity index (χ3v) is 5.63. The molecule has 3 nitrogen and oxygen atoms in total. The van der Waals surface area contributed by atoms with Crippen LogP contribution in [-0.2, 0) is 14.3 Å². The van der Waals surface area contributed by atoms with Crippen molar-refractivity contribution in [1.29, 1.82) is 0 Å². The maximum atomic E-state index is 11.5. The van der Waals surface area contributed by atoms with E-state index in [0.29, 0.717) is 6.42 Å². The number of ketones is 1. The summed E-state index contributed by atoms with van der Waals surface area (Å²) in [7, 11) is 1.33. The Bertz CT molecular complexity index is 352. The standard InChI is InChI=1S/C25H48O3/c1-3-4-5-6-7-8-9-10-11-12-13-14-15-16-17-18-19-20-21-22-24(26)23-25(27)28-2/h3-23H2,1-2H3. The molecular formula is C25H48O3. The number of ether oxygens (including phenoxy) is 1.